The van der Waals surface area contributed by atoms with Crippen LogP contribution in [0.4, 0.5) is 5.69 Å². The molecular formula is C15H24N4O4S. The second-order valence-electron chi connectivity index (χ2n) is 5.07. The van der Waals surface area contributed by atoms with Gasteiger partial charge in [-0.25, -0.2) is 13.1 Å². The zero-order valence-corrected chi connectivity index (χ0v) is 14.5. The molecule has 0 saturated heterocycles. The molecule has 9 heteroatoms. The minimum absolute atomic E-state index is 0.0519. The van der Waals surface area contributed by atoms with Crippen molar-refractivity contribution in [2.24, 2.45) is 5.73 Å². The lowest BCUT2D eigenvalue weighted by atomic mass is 10.2. The van der Waals surface area contributed by atoms with E-state index in [0.717, 1.165) is 0 Å². The average molecular weight is 356 g/mol. The van der Waals surface area contributed by atoms with E-state index in [9.17, 15) is 18.0 Å². The molecule has 0 aliphatic rings. The molecule has 0 radical (unpaired) electrons. The first-order chi connectivity index (χ1) is 11.4. The third kappa shape index (κ3) is 7.07. The van der Waals surface area contributed by atoms with E-state index in [0.29, 0.717) is 18.7 Å². The molecule has 1 aromatic rings. The number of carbonyl (C=O) groups is 2. The van der Waals surface area contributed by atoms with Crippen LogP contribution < -0.4 is 21.1 Å². The van der Waals surface area contributed by atoms with Gasteiger partial charge in [-0.05, 0) is 31.5 Å². The van der Waals surface area contributed by atoms with E-state index in [-0.39, 0.29) is 42.6 Å². The third-order valence-electron chi connectivity index (χ3n) is 3.05. The topological polar surface area (TPSA) is 130 Å². The predicted molar refractivity (Wildman–Crippen MR) is 91.8 cm³/mol. The summed E-state index contributed by atoms with van der Waals surface area (Å²) in [4.78, 5) is 23.2. The quantitative estimate of drug-likeness (QED) is 0.475. The SMILES string of the molecule is CCNC(=O)CCCC(=O)Nc1cccc(S(=O)(=O)NCCN)c1. The number of carbonyl (C=O) groups excluding carboxylic acids is 2. The summed E-state index contributed by atoms with van der Waals surface area (Å²) >= 11 is 0. The van der Waals surface area contributed by atoms with Crippen molar-refractivity contribution in [1.29, 1.82) is 0 Å². The van der Waals surface area contributed by atoms with Gasteiger partial charge in [0.25, 0.3) is 0 Å². The fraction of sp³-hybridized carbons (Fsp3) is 0.467. The summed E-state index contributed by atoms with van der Waals surface area (Å²) in [6, 6.07) is 5.95. The summed E-state index contributed by atoms with van der Waals surface area (Å²) in [6.45, 7) is 2.72. The van der Waals surface area contributed by atoms with Crippen LogP contribution in [0.3, 0.4) is 0 Å². The van der Waals surface area contributed by atoms with Crippen molar-refractivity contribution < 1.29 is 18.0 Å². The summed E-state index contributed by atoms with van der Waals surface area (Å²) in [6.07, 6.45) is 0.881. The summed E-state index contributed by atoms with van der Waals surface area (Å²) in [5, 5.41) is 5.29. The molecule has 0 aliphatic carbocycles. The van der Waals surface area contributed by atoms with Gasteiger partial charge in [0, 0.05) is 38.2 Å². The van der Waals surface area contributed by atoms with Crippen LogP contribution >= 0.6 is 0 Å². The Morgan fingerprint density at radius 2 is 1.88 bits per heavy atom. The molecule has 0 saturated carbocycles. The van der Waals surface area contributed by atoms with Gasteiger partial charge >= 0.3 is 0 Å². The molecule has 0 aliphatic heterocycles. The number of sulfonamides is 1. The number of hydrogen-bond donors (Lipinski definition) is 4. The average Bonchev–Trinajstić information content (AvgIpc) is 2.53. The maximum absolute atomic E-state index is 12.0. The monoisotopic (exact) mass is 356 g/mol. The Bertz CT molecular complexity index is 661. The van der Waals surface area contributed by atoms with Crippen molar-refractivity contribution >= 4 is 27.5 Å². The Balaban J connectivity index is 2.58. The van der Waals surface area contributed by atoms with Crippen LogP contribution in [0.25, 0.3) is 0 Å². The van der Waals surface area contributed by atoms with Gasteiger partial charge in [0.1, 0.15) is 0 Å². The fourth-order valence-electron chi connectivity index (χ4n) is 1.94. The zero-order valence-electron chi connectivity index (χ0n) is 13.7. The van der Waals surface area contributed by atoms with Crippen LogP contribution in [-0.2, 0) is 19.6 Å². The number of amides is 2. The molecule has 0 atom stereocenters. The molecule has 0 unspecified atom stereocenters. The molecule has 24 heavy (non-hydrogen) atoms. The maximum atomic E-state index is 12.0. The van der Waals surface area contributed by atoms with Crippen molar-refractivity contribution in [2.45, 2.75) is 31.1 Å². The lowest BCUT2D eigenvalue weighted by molar-refractivity contribution is -0.121. The van der Waals surface area contributed by atoms with Crippen molar-refractivity contribution in [3.05, 3.63) is 24.3 Å². The zero-order chi connectivity index (χ0) is 18.0. The van der Waals surface area contributed by atoms with Crippen molar-refractivity contribution in [3.63, 3.8) is 0 Å². The molecule has 0 bridgehead atoms. The fourth-order valence-corrected chi connectivity index (χ4v) is 3.03. The number of anilines is 1. The van der Waals surface area contributed by atoms with Crippen LogP contribution in [0.5, 0.6) is 0 Å². The van der Waals surface area contributed by atoms with Gasteiger partial charge in [-0.2, -0.15) is 0 Å². The highest BCUT2D eigenvalue weighted by atomic mass is 32.2. The highest BCUT2D eigenvalue weighted by molar-refractivity contribution is 7.89. The lowest BCUT2D eigenvalue weighted by Crippen LogP contribution is -2.29. The van der Waals surface area contributed by atoms with Crippen molar-refractivity contribution in [1.82, 2.24) is 10.0 Å². The molecule has 0 aromatic heterocycles. The molecule has 2 amide bonds. The molecule has 5 N–H and O–H groups in total. The van der Waals surface area contributed by atoms with E-state index < -0.39 is 10.0 Å². The van der Waals surface area contributed by atoms with Crippen molar-refractivity contribution in [2.75, 3.05) is 25.0 Å². The number of nitrogens with one attached hydrogen (secondary N) is 3. The van der Waals surface area contributed by atoms with E-state index in [1.807, 2.05) is 6.92 Å². The van der Waals surface area contributed by atoms with Crippen LogP contribution in [0, 0.1) is 0 Å². The molecule has 0 spiro atoms. The van der Waals surface area contributed by atoms with Gasteiger partial charge in [0.05, 0.1) is 4.90 Å². The molecular weight excluding hydrogens is 332 g/mol. The summed E-state index contributed by atoms with van der Waals surface area (Å²) in [5.74, 6) is -0.367. The molecule has 1 aromatic carbocycles. The second-order valence-corrected chi connectivity index (χ2v) is 6.84. The lowest BCUT2D eigenvalue weighted by Gasteiger charge is -2.09. The van der Waals surface area contributed by atoms with Crippen LogP contribution in [0.15, 0.2) is 29.2 Å². The van der Waals surface area contributed by atoms with Crippen LogP contribution in [0.2, 0.25) is 0 Å². The van der Waals surface area contributed by atoms with Crippen molar-refractivity contribution in [3.8, 4) is 0 Å². The summed E-state index contributed by atoms with van der Waals surface area (Å²) in [7, 11) is -3.65. The maximum Gasteiger partial charge on any atom is 0.240 e. The Labute approximate surface area is 142 Å². The van der Waals surface area contributed by atoms with Gasteiger partial charge < -0.3 is 16.4 Å². The second kappa shape index (κ2) is 10.0. The van der Waals surface area contributed by atoms with Gasteiger partial charge in [0.15, 0.2) is 0 Å². The predicted octanol–water partition coefficient (Wildman–Crippen LogP) is 0.169. The molecule has 8 nitrogen and oxygen atoms in total. The standard InChI is InChI=1S/C15H24N4O4S/c1-2-17-14(20)7-4-8-15(21)19-12-5-3-6-13(11-12)24(22,23)18-10-9-16/h3,5-6,11,18H,2,4,7-10,16H2,1H3,(H,17,20)(H,19,21). The Hall–Kier alpha value is -1.97. The number of hydrogen-bond acceptors (Lipinski definition) is 5. The highest BCUT2D eigenvalue weighted by Crippen LogP contribution is 2.15. The smallest absolute Gasteiger partial charge is 0.240 e. The molecule has 0 heterocycles. The molecule has 134 valence electrons. The number of nitrogens with two attached hydrogens (primary N) is 1. The minimum atomic E-state index is -3.65. The summed E-state index contributed by atoms with van der Waals surface area (Å²) < 4.78 is 26.4. The van der Waals surface area contributed by atoms with Gasteiger partial charge in [0.2, 0.25) is 21.8 Å². The first kappa shape index (κ1) is 20.1. The first-order valence-corrected chi connectivity index (χ1v) is 9.23. The number of rotatable bonds is 10. The normalized spacial score (nSPS) is 11.1. The Kier molecular flexibility index (Phi) is 8.37. The Morgan fingerprint density at radius 1 is 1.17 bits per heavy atom. The van der Waals surface area contributed by atoms with Gasteiger partial charge in [-0.1, -0.05) is 6.07 Å². The van der Waals surface area contributed by atoms with E-state index in [1.54, 1.807) is 12.1 Å². The largest absolute Gasteiger partial charge is 0.356 e. The Morgan fingerprint density at radius 3 is 2.54 bits per heavy atom. The van der Waals surface area contributed by atoms with E-state index in [4.69, 9.17) is 5.73 Å². The first-order valence-electron chi connectivity index (χ1n) is 7.75. The molecule has 0 fully saturated rings. The van der Waals surface area contributed by atoms with Gasteiger partial charge in [-0.3, -0.25) is 9.59 Å². The molecule has 1 rings (SSSR count). The van der Waals surface area contributed by atoms with E-state index in [1.165, 1.54) is 12.1 Å². The summed E-state index contributed by atoms with van der Waals surface area (Å²) in [5.41, 5.74) is 5.67. The minimum Gasteiger partial charge on any atom is -0.356 e. The third-order valence-corrected chi connectivity index (χ3v) is 4.50. The van der Waals surface area contributed by atoms with Crippen LogP contribution in [0.1, 0.15) is 26.2 Å². The van der Waals surface area contributed by atoms with E-state index >= 15 is 0 Å². The number of benzene rings is 1. The highest BCUT2D eigenvalue weighted by Gasteiger charge is 2.14. The van der Waals surface area contributed by atoms with Gasteiger partial charge in [-0.15, -0.1) is 0 Å². The van der Waals surface area contributed by atoms with Crippen LogP contribution in [-0.4, -0.2) is 39.9 Å². The van der Waals surface area contributed by atoms with E-state index in [2.05, 4.69) is 15.4 Å².